The van der Waals surface area contributed by atoms with Gasteiger partial charge in [0.2, 0.25) is 5.91 Å². The van der Waals surface area contributed by atoms with Gasteiger partial charge in [0, 0.05) is 17.5 Å². The molecule has 0 spiro atoms. The van der Waals surface area contributed by atoms with E-state index in [0.29, 0.717) is 18.0 Å². The number of carbonyl (C=O) groups excluding carboxylic acids is 1. The van der Waals surface area contributed by atoms with Crippen LogP contribution in [-0.4, -0.2) is 24.5 Å². The van der Waals surface area contributed by atoms with Gasteiger partial charge in [-0.1, -0.05) is 19.8 Å². The van der Waals surface area contributed by atoms with E-state index in [2.05, 4.69) is 24.5 Å². The second-order valence-electron chi connectivity index (χ2n) is 5.89. The first-order valence-electron chi connectivity index (χ1n) is 7.20. The Kier molecular flexibility index (Phi) is 4.08. The Bertz CT molecular complexity index is 271. The van der Waals surface area contributed by atoms with E-state index < -0.39 is 0 Å². The molecule has 2 atom stereocenters. The molecule has 2 aliphatic rings. The first-order valence-corrected chi connectivity index (χ1v) is 7.20. The standard InChI is InChI=1S/C14H26N2O/c1-3-14(7-4-5-8-14)13(17)16-12-6-9-15-11(2)10-12/h11-12,15H,3-10H2,1-2H3,(H,16,17). The summed E-state index contributed by atoms with van der Waals surface area (Å²) in [5, 5.41) is 6.73. The molecule has 1 heterocycles. The van der Waals surface area contributed by atoms with E-state index in [1.165, 1.54) is 12.8 Å². The Balaban J connectivity index is 1.91. The fourth-order valence-corrected chi connectivity index (χ4v) is 3.39. The predicted molar refractivity (Wildman–Crippen MR) is 69.8 cm³/mol. The molecule has 2 unspecified atom stereocenters. The van der Waals surface area contributed by atoms with Crippen LogP contribution in [-0.2, 0) is 4.79 Å². The van der Waals surface area contributed by atoms with Crippen molar-refractivity contribution in [2.45, 2.75) is 70.9 Å². The molecular formula is C14H26N2O. The van der Waals surface area contributed by atoms with Gasteiger partial charge in [-0.3, -0.25) is 4.79 Å². The van der Waals surface area contributed by atoms with Gasteiger partial charge < -0.3 is 10.6 Å². The van der Waals surface area contributed by atoms with Gasteiger partial charge in [-0.2, -0.15) is 0 Å². The molecule has 98 valence electrons. The van der Waals surface area contributed by atoms with E-state index >= 15 is 0 Å². The number of hydrogen-bond acceptors (Lipinski definition) is 2. The van der Waals surface area contributed by atoms with Crippen molar-refractivity contribution < 1.29 is 4.79 Å². The molecule has 17 heavy (non-hydrogen) atoms. The number of nitrogens with one attached hydrogen (secondary N) is 2. The number of amides is 1. The summed E-state index contributed by atoms with van der Waals surface area (Å²) < 4.78 is 0. The number of piperidine rings is 1. The molecule has 0 bridgehead atoms. The number of hydrogen-bond donors (Lipinski definition) is 2. The van der Waals surface area contributed by atoms with Gasteiger partial charge in [-0.15, -0.1) is 0 Å². The molecule has 0 aromatic carbocycles. The highest BCUT2D eigenvalue weighted by Crippen LogP contribution is 2.41. The van der Waals surface area contributed by atoms with Crippen molar-refractivity contribution >= 4 is 5.91 Å². The lowest BCUT2D eigenvalue weighted by molar-refractivity contribution is -0.132. The van der Waals surface area contributed by atoms with Crippen molar-refractivity contribution in [1.82, 2.24) is 10.6 Å². The molecule has 1 amide bonds. The zero-order valence-corrected chi connectivity index (χ0v) is 11.2. The smallest absolute Gasteiger partial charge is 0.226 e. The largest absolute Gasteiger partial charge is 0.353 e. The maximum Gasteiger partial charge on any atom is 0.226 e. The first kappa shape index (κ1) is 12.9. The third kappa shape index (κ3) is 2.82. The van der Waals surface area contributed by atoms with E-state index in [0.717, 1.165) is 38.6 Å². The van der Waals surface area contributed by atoms with Crippen LogP contribution in [0.3, 0.4) is 0 Å². The molecule has 2 rings (SSSR count). The lowest BCUT2D eigenvalue weighted by Gasteiger charge is -2.33. The van der Waals surface area contributed by atoms with Gasteiger partial charge in [0.15, 0.2) is 0 Å². The quantitative estimate of drug-likeness (QED) is 0.791. The maximum atomic E-state index is 12.4. The molecule has 1 saturated heterocycles. The summed E-state index contributed by atoms with van der Waals surface area (Å²) in [6.07, 6.45) is 7.79. The van der Waals surface area contributed by atoms with Crippen LogP contribution < -0.4 is 10.6 Å². The zero-order valence-electron chi connectivity index (χ0n) is 11.2. The summed E-state index contributed by atoms with van der Waals surface area (Å²) in [5.41, 5.74) is -0.0336. The minimum absolute atomic E-state index is 0.0336. The molecule has 1 aliphatic carbocycles. The van der Waals surface area contributed by atoms with E-state index in [9.17, 15) is 4.79 Å². The summed E-state index contributed by atoms with van der Waals surface area (Å²) in [5.74, 6) is 0.330. The SMILES string of the molecule is CCC1(C(=O)NC2CCNC(C)C2)CCCC1. The average molecular weight is 238 g/mol. The van der Waals surface area contributed by atoms with Gasteiger partial charge in [0.05, 0.1) is 0 Å². The Labute approximate surface area is 105 Å². The summed E-state index contributed by atoms with van der Waals surface area (Å²) in [7, 11) is 0. The highest BCUT2D eigenvalue weighted by molar-refractivity contribution is 5.83. The average Bonchev–Trinajstić information content (AvgIpc) is 2.78. The first-order chi connectivity index (χ1) is 8.16. The maximum absolute atomic E-state index is 12.4. The van der Waals surface area contributed by atoms with Crippen LogP contribution in [0.25, 0.3) is 0 Å². The van der Waals surface area contributed by atoms with Gasteiger partial charge in [0.1, 0.15) is 0 Å². The predicted octanol–water partition coefficient (Wildman–Crippen LogP) is 2.21. The van der Waals surface area contributed by atoms with Crippen molar-refractivity contribution in [1.29, 1.82) is 0 Å². The van der Waals surface area contributed by atoms with Crippen molar-refractivity contribution in [3.8, 4) is 0 Å². The Morgan fingerprint density at radius 1 is 1.41 bits per heavy atom. The molecule has 1 aliphatic heterocycles. The monoisotopic (exact) mass is 238 g/mol. The minimum Gasteiger partial charge on any atom is -0.353 e. The number of carbonyl (C=O) groups is 1. The summed E-state index contributed by atoms with van der Waals surface area (Å²) in [4.78, 5) is 12.4. The van der Waals surface area contributed by atoms with Crippen molar-refractivity contribution in [3.05, 3.63) is 0 Å². The molecule has 2 N–H and O–H groups in total. The molecule has 3 nitrogen and oxygen atoms in total. The Hall–Kier alpha value is -0.570. The van der Waals surface area contributed by atoms with Crippen molar-refractivity contribution in [3.63, 3.8) is 0 Å². The second kappa shape index (κ2) is 5.38. The fourth-order valence-electron chi connectivity index (χ4n) is 3.39. The summed E-state index contributed by atoms with van der Waals surface area (Å²) >= 11 is 0. The van der Waals surface area contributed by atoms with Gasteiger partial charge >= 0.3 is 0 Å². The van der Waals surface area contributed by atoms with Crippen LogP contribution in [0.5, 0.6) is 0 Å². The molecule has 2 fully saturated rings. The van der Waals surface area contributed by atoms with Crippen molar-refractivity contribution in [2.24, 2.45) is 5.41 Å². The molecule has 0 radical (unpaired) electrons. The second-order valence-corrected chi connectivity index (χ2v) is 5.89. The number of rotatable bonds is 3. The third-order valence-corrected chi connectivity index (χ3v) is 4.68. The van der Waals surface area contributed by atoms with E-state index in [1.807, 2.05) is 0 Å². The normalized spacial score (nSPS) is 32.4. The molecule has 0 aromatic rings. The van der Waals surface area contributed by atoms with E-state index in [4.69, 9.17) is 0 Å². The van der Waals surface area contributed by atoms with E-state index in [1.54, 1.807) is 0 Å². The highest BCUT2D eigenvalue weighted by Gasteiger charge is 2.40. The van der Waals surface area contributed by atoms with Crippen LogP contribution in [0.4, 0.5) is 0 Å². The van der Waals surface area contributed by atoms with Crippen LogP contribution >= 0.6 is 0 Å². The van der Waals surface area contributed by atoms with Crippen LogP contribution in [0, 0.1) is 5.41 Å². The fraction of sp³-hybridized carbons (Fsp3) is 0.929. The molecule has 3 heteroatoms. The Morgan fingerprint density at radius 3 is 2.71 bits per heavy atom. The van der Waals surface area contributed by atoms with Crippen molar-refractivity contribution in [2.75, 3.05) is 6.54 Å². The van der Waals surface area contributed by atoms with Crippen LogP contribution in [0.15, 0.2) is 0 Å². The van der Waals surface area contributed by atoms with Gasteiger partial charge in [-0.05, 0) is 45.6 Å². The Morgan fingerprint density at radius 2 is 2.12 bits per heavy atom. The molecule has 0 aromatic heterocycles. The van der Waals surface area contributed by atoms with Gasteiger partial charge in [-0.25, -0.2) is 0 Å². The van der Waals surface area contributed by atoms with Crippen LogP contribution in [0.1, 0.15) is 58.8 Å². The summed E-state index contributed by atoms with van der Waals surface area (Å²) in [6, 6.07) is 0.929. The highest BCUT2D eigenvalue weighted by atomic mass is 16.2. The minimum atomic E-state index is -0.0336. The lowest BCUT2D eigenvalue weighted by atomic mass is 9.82. The molecular weight excluding hydrogens is 212 g/mol. The zero-order chi connectivity index (χ0) is 12.3. The van der Waals surface area contributed by atoms with Crippen LogP contribution in [0.2, 0.25) is 0 Å². The lowest BCUT2D eigenvalue weighted by Crippen LogP contribution is -2.50. The third-order valence-electron chi connectivity index (χ3n) is 4.68. The summed E-state index contributed by atoms with van der Waals surface area (Å²) in [6.45, 7) is 5.39. The molecule has 1 saturated carbocycles. The van der Waals surface area contributed by atoms with E-state index in [-0.39, 0.29) is 5.41 Å². The topological polar surface area (TPSA) is 41.1 Å². The van der Waals surface area contributed by atoms with Gasteiger partial charge in [0.25, 0.3) is 0 Å².